The highest BCUT2D eigenvalue weighted by Crippen LogP contribution is 2.42. The first-order valence-electron chi connectivity index (χ1n) is 10.1. The van der Waals surface area contributed by atoms with Crippen LogP contribution in [0.2, 0.25) is 0 Å². The number of rotatable bonds is 5. The Hall–Kier alpha value is -3.81. The maximum Gasteiger partial charge on any atom is 0.279 e. The number of aryl methyl sites for hydroxylation is 2. The van der Waals surface area contributed by atoms with Crippen LogP contribution in [0.5, 0.6) is 0 Å². The average molecular weight is 416 g/mol. The zero-order chi connectivity index (χ0) is 21.5. The SMILES string of the molecule is Cc1cc(C)cc(-c2cc(NC(=O)c3nnn(-c4ccc(F)cc4)c3C3CC3)n[nH]2)c1. The molecule has 2 heterocycles. The minimum Gasteiger partial charge on any atom is -0.304 e. The van der Waals surface area contributed by atoms with Crippen LogP contribution >= 0.6 is 0 Å². The van der Waals surface area contributed by atoms with Crippen molar-refractivity contribution in [3.8, 4) is 16.9 Å². The molecular formula is C23H21FN6O. The molecular weight excluding hydrogens is 395 g/mol. The first kappa shape index (κ1) is 19.2. The molecule has 1 amide bonds. The third-order valence-corrected chi connectivity index (χ3v) is 5.31. The van der Waals surface area contributed by atoms with Gasteiger partial charge in [0.05, 0.1) is 17.1 Å². The number of carbonyl (C=O) groups is 1. The van der Waals surface area contributed by atoms with Gasteiger partial charge in [0.15, 0.2) is 11.5 Å². The number of aromatic nitrogens is 5. The van der Waals surface area contributed by atoms with E-state index in [0.29, 0.717) is 11.5 Å². The standard InChI is InChI=1S/C23H21FN6O/c1-13-9-14(2)11-16(10-13)19-12-20(27-26-19)25-23(31)21-22(15-3-4-15)30(29-28-21)18-7-5-17(24)6-8-18/h5-12,15H,3-4H2,1-2H3,(H2,25,26,27,31). The number of amides is 1. The molecule has 156 valence electrons. The Balaban J connectivity index is 1.41. The molecule has 1 aliphatic rings. The number of benzene rings is 2. The van der Waals surface area contributed by atoms with E-state index in [-0.39, 0.29) is 23.3 Å². The van der Waals surface area contributed by atoms with Crippen molar-refractivity contribution in [1.29, 1.82) is 0 Å². The van der Waals surface area contributed by atoms with Crippen LogP contribution in [0.3, 0.4) is 0 Å². The summed E-state index contributed by atoms with van der Waals surface area (Å²) >= 11 is 0. The van der Waals surface area contributed by atoms with Crippen LogP contribution < -0.4 is 5.32 Å². The molecule has 2 aromatic carbocycles. The van der Waals surface area contributed by atoms with Gasteiger partial charge in [-0.15, -0.1) is 5.10 Å². The average Bonchev–Trinajstić information content (AvgIpc) is 3.29. The van der Waals surface area contributed by atoms with Crippen LogP contribution in [0.25, 0.3) is 16.9 Å². The van der Waals surface area contributed by atoms with Crippen molar-refractivity contribution >= 4 is 11.7 Å². The molecule has 2 aromatic heterocycles. The van der Waals surface area contributed by atoms with Crippen LogP contribution in [-0.4, -0.2) is 31.1 Å². The van der Waals surface area contributed by atoms with E-state index in [9.17, 15) is 9.18 Å². The summed E-state index contributed by atoms with van der Waals surface area (Å²) in [4.78, 5) is 13.0. The second-order valence-corrected chi connectivity index (χ2v) is 7.98. The predicted molar refractivity (Wildman–Crippen MR) is 115 cm³/mol. The molecule has 0 aliphatic heterocycles. The normalized spacial score (nSPS) is 13.4. The molecule has 1 saturated carbocycles. The lowest BCUT2D eigenvalue weighted by Gasteiger charge is -2.07. The van der Waals surface area contributed by atoms with Gasteiger partial charge in [0.25, 0.3) is 5.91 Å². The molecule has 2 N–H and O–H groups in total. The number of halogens is 1. The number of anilines is 1. The third-order valence-electron chi connectivity index (χ3n) is 5.31. The fraction of sp³-hybridized carbons (Fsp3) is 0.217. The van der Waals surface area contributed by atoms with Crippen molar-refractivity contribution in [2.45, 2.75) is 32.6 Å². The topological polar surface area (TPSA) is 88.5 Å². The van der Waals surface area contributed by atoms with Crippen molar-refractivity contribution in [3.05, 3.63) is 76.9 Å². The van der Waals surface area contributed by atoms with Gasteiger partial charge in [0.1, 0.15) is 5.82 Å². The van der Waals surface area contributed by atoms with Crippen molar-refractivity contribution in [3.63, 3.8) is 0 Å². The molecule has 4 aromatic rings. The highest BCUT2D eigenvalue weighted by atomic mass is 19.1. The van der Waals surface area contributed by atoms with Crippen LogP contribution in [-0.2, 0) is 0 Å². The maximum absolute atomic E-state index is 13.3. The van der Waals surface area contributed by atoms with Gasteiger partial charge < -0.3 is 5.32 Å². The van der Waals surface area contributed by atoms with E-state index in [1.54, 1.807) is 22.9 Å². The Labute approximate surface area is 178 Å². The smallest absolute Gasteiger partial charge is 0.279 e. The Morgan fingerprint density at radius 1 is 1.10 bits per heavy atom. The summed E-state index contributed by atoms with van der Waals surface area (Å²) in [5.41, 5.74) is 5.82. The van der Waals surface area contributed by atoms with Gasteiger partial charge in [0.2, 0.25) is 0 Å². The minimum absolute atomic E-state index is 0.214. The van der Waals surface area contributed by atoms with E-state index in [0.717, 1.165) is 40.9 Å². The second-order valence-electron chi connectivity index (χ2n) is 7.98. The van der Waals surface area contributed by atoms with Crippen molar-refractivity contribution in [2.24, 2.45) is 0 Å². The van der Waals surface area contributed by atoms with Gasteiger partial charge in [-0.05, 0) is 63.1 Å². The van der Waals surface area contributed by atoms with Crippen LogP contribution in [0.4, 0.5) is 10.2 Å². The van der Waals surface area contributed by atoms with E-state index in [1.165, 1.54) is 12.1 Å². The van der Waals surface area contributed by atoms with Crippen molar-refractivity contribution in [1.82, 2.24) is 25.2 Å². The molecule has 0 bridgehead atoms. The first-order valence-corrected chi connectivity index (χ1v) is 10.1. The summed E-state index contributed by atoms with van der Waals surface area (Å²) in [7, 11) is 0. The summed E-state index contributed by atoms with van der Waals surface area (Å²) in [5.74, 6) is -0.0651. The van der Waals surface area contributed by atoms with Gasteiger partial charge in [-0.1, -0.05) is 22.4 Å². The second kappa shape index (κ2) is 7.46. The molecule has 8 heteroatoms. The number of nitrogens with one attached hydrogen (secondary N) is 2. The van der Waals surface area contributed by atoms with E-state index in [2.05, 4.69) is 44.0 Å². The Bertz CT molecular complexity index is 1250. The van der Waals surface area contributed by atoms with Crippen molar-refractivity contribution in [2.75, 3.05) is 5.32 Å². The Morgan fingerprint density at radius 2 is 1.81 bits per heavy atom. The van der Waals surface area contributed by atoms with Crippen LogP contribution in [0.1, 0.15) is 46.1 Å². The lowest BCUT2D eigenvalue weighted by Crippen LogP contribution is -2.15. The van der Waals surface area contributed by atoms with Gasteiger partial charge in [-0.25, -0.2) is 9.07 Å². The fourth-order valence-corrected chi connectivity index (χ4v) is 3.79. The maximum atomic E-state index is 13.3. The molecule has 31 heavy (non-hydrogen) atoms. The molecule has 0 atom stereocenters. The van der Waals surface area contributed by atoms with E-state index < -0.39 is 0 Å². The largest absolute Gasteiger partial charge is 0.304 e. The highest BCUT2D eigenvalue weighted by molar-refractivity contribution is 6.03. The van der Waals surface area contributed by atoms with Crippen molar-refractivity contribution < 1.29 is 9.18 Å². The van der Waals surface area contributed by atoms with Crippen LogP contribution in [0.15, 0.2) is 48.5 Å². The van der Waals surface area contributed by atoms with Gasteiger partial charge in [-0.2, -0.15) is 5.10 Å². The lowest BCUT2D eigenvalue weighted by atomic mass is 10.1. The molecule has 0 radical (unpaired) electrons. The fourth-order valence-electron chi connectivity index (χ4n) is 3.79. The first-order chi connectivity index (χ1) is 15.0. The molecule has 0 saturated heterocycles. The number of hydrogen-bond donors (Lipinski definition) is 2. The van der Waals surface area contributed by atoms with Gasteiger partial charge in [-0.3, -0.25) is 9.89 Å². The number of hydrogen-bond acceptors (Lipinski definition) is 4. The quantitative estimate of drug-likeness (QED) is 0.500. The molecule has 7 nitrogen and oxygen atoms in total. The summed E-state index contributed by atoms with van der Waals surface area (Å²) in [6.07, 6.45) is 1.93. The molecule has 1 aliphatic carbocycles. The highest BCUT2D eigenvalue weighted by Gasteiger charge is 2.34. The summed E-state index contributed by atoms with van der Waals surface area (Å²) in [6.45, 7) is 4.08. The zero-order valence-corrected chi connectivity index (χ0v) is 17.2. The molecule has 5 rings (SSSR count). The Kier molecular flexibility index (Phi) is 4.62. The van der Waals surface area contributed by atoms with E-state index >= 15 is 0 Å². The van der Waals surface area contributed by atoms with Gasteiger partial charge in [0, 0.05) is 17.5 Å². The van der Waals surface area contributed by atoms with E-state index in [1.807, 2.05) is 13.8 Å². The molecule has 0 spiro atoms. The lowest BCUT2D eigenvalue weighted by molar-refractivity contribution is 0.102. The summed E-state index contributed by atoms with van der Waals surface area (Å²) in [5, 5.41) is 18.3. The van der Waals surface area contributed by atoms with E-state index in [4.69, 9.17) is 0 Å². The number of aromatic amines is 1. The number of H-pyrrole nitrogens is 1. The number of nitrogens with zero attached hydrogens (tertiary/aromatic N) is 4. The number of carbonyl (C=O) groups excluding carboxylic acids is 1. The summed E-state index contributed by atoms with van der Waals surface area (Å²) in [6, 6.07) is 14.0. The molecule has 1 fully saturated rings. The predicted octanol–water partition coefficient (Wildman–Crippen LogP) is 4.54. The monoisotopic (exact) mass is 416 g/mol. The third kappa shape index (κ3) is 3.84. The molecule has 0 unspecified atom stereocenters. The minimum atomic E-state index is -0.367. The van der Waals surface area contributed by atoms with Gasteiger partial charge >= 0.3 is 0 Å². The zero-order valence-electron chi connectivity index (χ0n) is 17.2. The Morgan fingerprint density at radius 3 is 2.48 bits per heavy atom. The summed E-state index contributed by atoms with van der Waals surface area (Å²) < 4.78 is 14.9. The van der Waals surface area contributed by atoms with Crippen LogP contribution in [0, 0.1) is 19.7 Å².